The van der Waals surface area contributed by atoms with E-state index in [2.05, 4.69) is 4.74 Å². The van der Waals surface area contributed by atoms with Crippen LogP contribution in [0.25, 0.3) is 0 Å². The van der Waals surface area contributed by atoms with Crippen LogP contribution < -0.4 is 0 Å². The van der Waals surface area contributed by atoms with Gasteiger partial charge in [0.1, 0.15) is 5.41 Å². The maximum atomic E-state index is 11.8. The van der Waals surface area contributed by atoms with Crippen LogP contribution in [-0.2, 0) is 19.7 Å². The smallest absolute Gasteiger partial charge is 0.324 e. The minimum atomic E-state index is -0.759. The first kappa shape index (κ1) is 10.9. The molecule has 0 saturated carbocycles. The minimum Gasteiger partial charge on any atom is -0.392 e. The van der Waals surface area contributed by atoms with E-state index in [1.54, 1.807) is 0 Å². The molecule has 3 heteroatoms. The quantitative estimate of drug-likeness (QED) is 0.564. The standard InChI is InChI=1S/C13H14O3/c1-3-13(8-11(14)16-12(13)15)10-6-4-9(2)5-7-10/h4-7H,3,8H2,1-2H3/t13-/m1/s1. The lowest BCUT2D eigenvalue weighted by molar-refractivity contribution is -0.153. The number of esters is 2. The third-order valence-electron chi connectivity index (χ3n) is 3.25. The van der Waals surface area contributed by atoms with Gasteiger partial charge in [0.15, 0.2) is 0 Å². The normalized spacial score (nSPS) is 24.6. The maximum absolute atomic E-state index is 11.8. The Morgan fingerprint density at radius 3 is 2.31 bits per heavy atom. The number of carbonyl (C=O) groups is 2. The van der Waals surface area contributed by atoms with Crippen LogP contribution in [0.5, 0.6) is 0 Å². The molecule has 3 nitrogen and oxygen atoms in total. The van der Waals surface area contributed by atoms with Gasteiger partial charge in [-0.3, -0.25) is 9.59 Å². The molecule has 84 valence electrons. The molecule has 1 aliphatic heterocycles. The average Bonchev–Trinajstić information content (AvgIpc) is 2.55. The molecule has 0 spiro atoms. The van der Waals surface area contributed by atoms with Gasteiger partial charge in [0.25, 0.3) is 0 Å². The van der Waals surface area contributed by atoms with Crippen LogP contribution in [0.3, 0.4) is 0 Å². The van der Waals surface area contributed by atoms with E-state index in [0.29, 0.717) is 6.42 Å². The molecule has 0 N–H and O–H groups in total. The second kappa shape index (κ2) is 3.74. The monoisotopic (exact) mass is 218 g/mol. The van der Waals surface area contributed by atoms with E-state index in [-0.39, 0.29) is 6.42 Å². The van der Waals surface area contributed by atoms with Crippen LogP contribution in [0.1, 0.15) is 30.9 Å². The van der Waals surface area contributed by atoms with Crippen LogP contribution in [0.2, 0.25) is 0 Å². The zero-order valence-corrected chi connectivity index (χ0v) is 9.45. The summed E-state index contributed by atoms with van der Waals surface area (Å²) >= 11 is 0. The summed E-state index contributed by atoms with van der Waals surface area (Å²) in [7, 11) is 0. The third-order valence-corrected chi connectivity index (χ3v) is 3.25. The van der Waals surface area contributed by atoms with Gasteiger partial charge in [-0.25, -0.2) is 0 Å². The van der Waals surface area contributed by atoms with Gasteiger partial charge in [-0.2, -0.15) is 0 Å². The lowest BCUT2D eigenvalue weighted by Crippen LogP contribution is -2.30. The number of hydrogen-bond acceptors (Lipinski definition) is 3. The molecule has 0 aromatic heterocycles. The van der Waals surface area contributed by atoms with E-state index >= 15 is 0 Å². The predicted octanol–water partition coefficient (Wildman–Crippen LogP) is 2.12. The molecule has 16 heavy (non-hydrogen) atoms. The molecule has 1 aliphatic rings. The summed E-state index contributed by atoms with van der Waals surface area (Å²) in [6.45, 7) is 3.89. The van der Waals surface area contributed by atoms with Crippen molar-refractivity contribution in [2.75, 3.05) is 0 Å². The predicted molar refractivity (Wildman–Crippen MR) is 58.9 cm³/mol. The maximum Gasteiger partial charge on any atom is 0.324 e. The second-order valence-corrected chi connectivity index (χ2v) is 4.24. The zero-order valence-electron chi connectivity index (χ0n) is 9.45. The summed E-state index contributed by atoms with van der Waals surface area (Å²) < 4.78 is 4.67. The van der Waals surface area contributed by atoms with Gasteiger partial charge in [0, 0.05) is 0 Å². The molecule has 2 rings (SSSR count). The van der Waals surface area contributed by atoms with E-state index in [4.69, 9.17) is 0 Å². The third kappa shape index (κ3) is 1.52. The highest BCUT2D eigenvalue weighted by molar-refractivity contribution is 6.01. The molecule has 1 heterocycles. The summed E-state index contributed by atoms with van der Waals surface area (Å²) in [6, 6.07) is 7.70. The van der Waals surface area contributed by atoms with Crippen LogP contribution in [0.15, 0.2) is 24.3 Å². The van der Waals surface area contributed by atoms with Crippen LogP contribution in [0, 0.1) is 6.92 Å². The molecule has 0 unspecified atom stereocenters. The molecule has 1 fully saturated rings. The van der Waals surface area contributed by atoms with Crippen molar-refractivity contribution >= 4 is 11.9 Å². The lowest BCUT2D eigenvalue weighted by atomic mass is 9.77. The Bertz CT molecular complexity index is 433. The number of benzene rings is 1. The van der Waals surface area contributed by atoms with Gasteiger partial charge < -0.3 is 4.74 Å². The Kier molecular flexibility index (Phi) is 2.54. The molecule has 1 aromatic rings. The van der Waals surface area contributed by atoms with Gasteiger partial charge in [0.05, 0.1) is 6.42 Å². The number of cyclic esters (lactones) is 2. The first-order chi connectivity index (χ1) is 7.58. The fourth-order valence-electron chi connectivity index (χ4n) is 2.12. The number of ether oxygens (including phenoxy) is 1. The molecule has 0 bridgehead atoms. The van der Waals surface area contributed by atoms with Gasteiger partial charge in [-0.05, 0) is 18.9 Å². The first-order valence-corrected chi connectivity index (χ1v) is 5.41. The highest BCUT2D eigenvalue weighted by Gasteiger charge is 2.49. The van der Waals surface area contributed by atoms with E-state index in [0.717, 1.165) is 11.1 Å². The molecule has 1 atom stereocenters. The van der Waals surface area contributed by atoms with Crippen molar-refractivity contribution in [3.05, 3.63) is 35.4 Å². The Labute approximate surface area is 94.4 Å². The van der Waals surface area contributed by atoms with Crippen molar-refractivity contribution in [2.24, 2.45) is 0 Å². The fraction of sp³-hybridized carbons (Fsp3) is 0.385. The van der Waals surface area contributed by atoms with E-state index in [1.807, 2.05) is 38.1 Å². The van der Waals surface area contributed by atoms with Gasteiger partial charge in [-0.15, -0.1) is 0 Å². The van der Waals surface area contributed by atoms with Crippen LogP contribution in [-0.4, -0.2) is 11.9 Å². The number of carbonyl (C=O) groups excluding carboxylic acids is 2. The molecule has 0 amide bonds. The van der Waals surface area contributed by atoms with Crippen molar-refractivity contribution < 1.29 is 14.3 Å². The van der Waals surface area contributed by atoms with Crippen molar-refractivity contribution in [3.63, 3.8) is 0 Å². The largest absolute Gasteiger partial charge is 0.392 e. The summed E-state index contributed by atoms with van der Waals surface area (Å²) in [5, 5.41) is 0. The number of hydrogen-bond donors (Lipinski definition) is 0. The fourth-order valence-corrected chi connectivity index (χ4v) is 2.12. The molecular formula is C13H14O3. The molecule has 0 radical (unpaired) electrons. The first-order valence-electron chi connectivity index (χ1n) is 5.41. The SMILES string of the molecule is CC[C@]1(c2ccc(C)cc2)CC(=O)OC1=O. The van der Waals surface area contributed by atoms with Crippen molar-refractivity contribution in [1.29, 1.82) is 0 Å². The van der Waals surface area contributed by atoms with E-state index in [9.17, 15) is 9.59 Å². The van der Waals surface area contributed by atoms with Gasteiger partial charge in [-0.1, -0.05) is 36.8 Å². The van der Waals surface area contributed by atoms with Gasteiger partial charge in [0.2, 0.25) is 0 Å². The molecule has 1 saturated heterocycles. The van der Waals surface area contributed by atoms with Crippen molar-refractivity contribution in [1.82, 2.24) is 0 Å². The summed E-state index contributed by atoms with van der Waals surface area (Å²) in [4.78, 5) is 23.0. The molecular weight excluding hydrogens is 204 g/mol. The van der Waals surface area contributed by atoms with E-state index < -0.39 is 17.4 Å². The highest BCUT2D eigenvalue weighted by atomic mass is 16.6. The summed E-state index contributed by atoms with van der Waals surface area (Å²) in [5.74, 6) is -0.837. The van der Waals surface area contributed by atoms with Crippen LogP contribution >= 0.6 is 0 Å². The average molecular weight is 218 g/mol. The topological polar surface area (TPSA) is 43.4 Å². The summed E-state index contributed by atoms with van der Waals surface area (Å²) in [6.07, 6.45) is 0.742. The second-order valence-electron chi connectivity index (χ2n) is 4.24. The zero-order chi connectivity index (χ0) is 11.8. The van der Waals surface area contributed by atoms with Crippen molar-refractivity contribution in [2.45, 2.75) is 32.1 Å². The van der Waals surface area contributed by atoms with Crippen molar-refractivity contribution in [3.8, 4) is 0 Å². The Hall–Kier alpha value is -1.64. The minimum absolute atomic E-state index is 0.158. The Morgan fingerprint density at radius 1 is 1.25 bits per heavy atom. The summed E-state index contributed by atoms with van der Waals surface area (Å²) in [5.41, 5.74) is 1.24. The number of rotatable bonds is 2. The molecule has 1 aromatic carbocycles. The van der Waals surface area contributed by atoms with Gasteiger partial charge >= 0.3 is 11.9 Å². The number of aryl methyl sites for hydroxylation is 1. The highest BCUT2D eigenvalue weighted by Crippen LogP contribution is 2.38. The Balaban J connectivity index is 2.46. The lowest BCUT2D eigenvalue weighted by Gasteiger charge is -2.22. The van der Waals surface area contributed by atoms with Crippen LogP contribution in [0.4, 0.5) is 0 Å². The van der Waals surface area contributed by atoms with E-state index in [1.165, 1.54) is 0 Å². The Morgan fingerprint density at radius 2 is 1.88 bits per heavy atom. The molecule has 0 aliphatic carbocycles.